The molecule has 2 heterocycles. The Labute approximate surface area is 201 Å². The molecule has 1 fully saturated rings. The second-order valence-electron chi connectivity index (χ2n) is 9.32. The highest BCUT2D eigenvalue weighted by Gasteiger charge is 2.35. The topological polar surface area (TPSA) is 47.4 Å². The highest BCUT2D eigenvalue weighted by Crippen LogP contribution is 2.34. The molecule has 1 aromatic heterocycles. The predicted molar refractivity (Wildman–Crippen MR) is 137 cm³/mol. The number of anilines is 1. The van der Waals surface area contributed by atoms with E-state index in [2.05, 4.69) is 73.9 Å². The monoisotopic (exact) mass is 453 g/mol. The van der Waals surface area contributed by atoms with Crippen LogP contribution in [0.25, 0.3) is 11.0 Å². The summed E-state index contributed by atoms with van der Waals surface area (Å²) >= 11 is 0. The Kier molecular flexibility index (Phi) is 6.10. The van der Waals surface area contributed by atoms with E-state index in [-0.39, 0.29) is 11.8 Å². The molecule has 5 nitrogen and oxygen atoms in total. The van der Waals surface area contributed by atoms with Crippen molar-refractivity contribution in [3.63, 3.8) is 0 Å². The second-order valence-corrected chi connectivity index (χ2v) is 9.32. The standard InChI is InChI=1S/C29H31N3O2/c1-20-8-6-9-24(17-20)34-15-7-14-31-27-11-5-4-10-25(27)30-29(31)23-18-28(33)32(19-23)26-13-12-21(2)16-22(26)3/h4-6,8-13,16-17,23H,7,14-15,18-19H2,1-3H3/t23-/m1/s1. The molecular weight excluding hydrogens is 422 g/mol. The SMILES string of the molecule is Cc1cccc(OCCCn2c([C@@H]3CC(=O)N(c4ccc(C)cc4C)C3)nc3ccccc32)c1. The minimum atomic E-state index is 0.0679. The van der Waals surface area contributed by atoms with Gasteiger partial charge in [-0.3, -0.25) is 4.79 Å². The molecule has 5 rings (SSSR count). The summed E-state index contributed by atoms with van der Waals surface area (Å²) in [5.74, 6) is 2.13. The first-order valence-corrected chi connectivity index (χ1v) is 12.0. The molecule has 0 bridgehead atoms. The van der Waals surface area contributed by atoms with Crippen molar-refractivity contribution >= 4 is 22.6 Å². The maximum Gasteiger partial charge on any atom is 0.227 e. The van der Waals surface area contributed by atoms with Crippen LogP contribution in [0.5, 0.6) is 5.75 Å². The van der Waals surface area contributed by atoms with Crippen LogP contribution >= 0.6 is 0 Å². The zero-order valence-electron chi connectivity index (χ0n) is 20.1. The minimum Gasteiger partial charge on any atom is -0.494 e. The lowest BCUT2D eigenvalue weighted by Gasteiger charge is -2.20. The Morgan fingerprint density at radius 3 is 2.62 bits per heavy atom. The van der Waals surface area contributed by atoms with Crippen molar-refractivity contribution in [2.24, 2.45) is 0 Å². The molecule has 1 aliphatic heterocycles. The summed E-state index contributed by atoms with van der Waals surface area (Å²) < 4.78 is 8.27. The number of aromatic nitrogens is 2. The predicted octanol–water partition coefficient (Wildman–Crippen LogP) is 5.95. The number of para-hydroxylation sites is 2. The third kappa shape index (κ3) is 4.43. The largest absolute Gasteiger partial charge is 0.494 e. The summed E-state index contributed by atoms with van der Waals surface area (Å²) in [6.45, 7) is 8.32. The van der Waals surface area contributed by atoms with E-state index in [4.69, 9.17) is 9.72 Å². The van der Waals surface area contributed by atoms with Crippen LogP contribution in [0.4, 0.5) is 5.69 Å². The van der Waals surface area contributed by atoms with Crippen molar-refractivity contribution in [3.05, 3.63) is 89.2 Å². The first kappa shape index (κ1) is 22.2. The molecule has 1 atom stereocenters. The van der Waals surface area contributed by atoms with Gasteiger partial charge in [-0.2, -0.15) is 0 Å². The van der Waals surface area contributed by atoms with Crippen LogP contribution < -0.4 is 9.64 Å². The number of hydrogen-bond acceptors (Lipinski definition) is 3. The Balaban J connectivity index is 1.36. The number of rotatable bonds is 7. The number of nitrogens with zero attached hydrogens (tertiary/aromatic N) is 3. The molecule has 1 amide bonds. The van der Waals surface area contributed by atoms with Gasteiger partial charge in [0.05, 0.1) is 17.6 Å². The fraction of sp³-hybridized carbons (Fsp3) is 0.310. The van der Waals surface area contributed by atoms with Crippen molar-refractivity contribution in [1.29, 1.82) is 0 Å². The van der Waals surface area contributed by atoms with Crippen LogP contribution in [0.2, 0.25) is 0 Å². The zero-order valence-corrected chi connectivity index (χ0v) is 20.1. The Bertz CT molecular complexity index is 1340. The minimum absolute atomic E-state index is 0.0679. The Morgan fingerprint density at radius 2 is 1.79 bits per heavy atom. The van der Waals surface area contributed by atoms with Crippen molar-refractivity contribution in [2.45, 2.75) is 46.1 Å². The Hall–Kier alpha value is -3.60. The number of aryl methyl sites for hydroxylation is 4. The van der Waals surface area contributed by atoms with Crippen molar-refractivity contribution in [2.75, 3.05) is 18.1 Å². The Morgan fingerprint density at radius 1 is 0.971 bits per heavy atom. The molecular formula is C29H31N3O2. The number of ether oxygens (including phenoxy) is 1. The van der Waals surface area contributed by atoms with E-state index in [0.717, 1.165) is 46.8 Å². The molecule has 34 heavy (non-hydrogen) atoms. The third-order valence-electron chi connectivity index (χ3n) is 6.60. The van der Waals surface area contributed by atoms with E-state index < -0.39 is 0 Å². The van der Waals surface area contributed by atoms with Gasteiger partial charge in [0.1, 0.15) is 11.6 Å². The van der Waals surface area contributed by atoms with Gasteiger partial charge >= 0.3 is 0 Å². The normalized spacial score (nSPS) is 15.9. The number of hydrogen-bond donors (Lipinski definition) is 0. The molecule has 0 unspecified atom stereocenters. The lowest BCUT2D eigenvalue weighted by atomic mass is 10.1. The lowest BCUT2D eigenvalue weighted by molar-refractivity contribution is -0.117. The van der Waals surface area contributed by atoms with Gasteiger partial charge < -0.3 is 14.2 Å². The zero-order chi connectivity index (χ0) is 23.7. The van der Waals surface area contributed by atoms with Crippen LogP contribution in [0.1, 0.15) is 41.3 Å². The molecule has 0 saturated carbocycles. The van der Waals surface area contributed by atoms with E-state index in [0.29, 0.717) is 19.6 Å². The number of amides is 1. The van der Waals surface area contributed by atoms with Crippen molar-refractivity contribution < 1.29 is 9.53 Å². The summed E-state index contributed by atoms with van der Waals surface area (Å²) in [5.41, 5.74) is 6.64. The quantitative estimate of drug-likeness (QED) is 0.325. The fourth-order valence-electron chi connectivity index (χ4n) is 4.98. The van der Waals surface area contributed by atoms with Crippen LogP contribution in [-0.2, 0) is 11.3 Å². The first-order valence-electron chi connectivity index (χ1n) is 12.0. The second kappa shape index (κ2) is 9.34. The highest BCUT2D eigenvalue weighted by molar-refractivity contribution is 5.97. The van der Waals surface area contributed by atoms with E-state index in [1.165, 1.54) is 11.1 Å². The molecule has 3 aromatic carbocycles. The van der Waals surface area contributed by atoms with Gasteiger partial charge in [-0.05, 0) is 68.7 Å². The summed E-state index contributed by atoms with van der Waals surface area (Å²) in [6.07, 6.45) is 1.35. The van der Waals surface area contributed by atoms with E-state index in [1.807, 2.05) is 23.1 Å². The average Bonchev–Trinajstić information content (AvgIpc) is 3.37. The number of fused-ring (bicyclic) bond motifs is 1. The van der Waals surface area contributed by atoms with Gasteiger partial charge in [0.25, 0.3) is 0 Å². The maximum atomic E-state index is 13.0. The molecule has 0 aliphatic carbocycles. The van der Waals surface area contributed by atoms with Gasteiger partial charge in [-0.15, -0.1) is 0 Å². The van der Waals surface area contributed by atoms with Crippen molar-refractivity contribution in [3.8, 4) is 5.75 Å². The van der Waals surface area contributed by atoms with Gasteiger partial charge in [0.15, 0.2) is 0 Å². The fourth-order valence-corrected chi connectivity index (χ4v) is 4.98. The number of benzene rings is 3. The van der Waals surface area contributed by atoms with Gasteiger partial charge in [0.2, 0.25) is 5.91 Å². The van der Waals surface area contributed by atoms with Gasteiger partial charge in [-0.25, -0.2) is 4.98 Å². The number of carbonyl (C=O) groups is 1. The summed E-state index contributed by atoms with van der Waals surface area (Å²) in [4.78, 5) is 20.0. The number of carbonyl (C=O) groups excluding carboxylic acids is 1. The summed E-state index contributed by atoms with van der Waals surface area (Å²) in [5, 5.41) is 0. The van der Waals surface area contributed by atoms with Crippen molar-refractivity contribution in [1.82, 2.24) is 9.55 Å². The van der Waals surface area contributed by atoms with Crippen LogP contribution in [0, 0.1) is 20.8 Å². The lowest BCUT2D eigenvalue weighted by Crippen LogP contribution is -2.25. The highest BCUT2D eigenvalue weighted by atomic mass is 16.5. The molecule has 0 N–H and O–H groups in total. The average molecular weight is 454 g/mol. The third-order valence-corrected chi connectivity index (χ3v) is 6.60. The molecule has 1 saturated heterocycles. The molecule has 0 radical (unpaired) electrons. The van der Waals surface area contributed by atoms with Crippen LogP contribution in [0.3, 0.4) is 0 Å². The maximum absolute atomic E-state index is 13.0. The van der Waals surface area contributed by atoms with E-state index >= 15 is 0 Å². The first-order chi connectivity index (χ1) is 16.5. The smallest absolute Gasteiger partial charge is 0.227 e. The molecule has 1 aliphatic rings. The molecule has 0 spiro atoms. The van der Waals surface area contributed by atoms with E-state index in [1.54, 1.807) is 0 Å². The van der Waals surface area contributed by atoms with Gasteiger partial charge in [-0.1, -0.05) is 42.0 Å². The molecule has 5 heteroatoms. The summed E-state index contributed by atoms with van der Waals surface area (Å²) in [6, 6.07) is 22.7. The number of imidazole rings is 1. The summed E-state index contributed by atoms with van der Waals surface area (Å²) in [7, 11) is 0. The van der Waals surface area contributed by atoms with Crippen LogP contribution in [0.15, 0.2) is 66.7 Å². The van der Waals surface area contributed by atoms with Crippen LogP contribution in [-0.4, -0.2) is 28.6 Å². The molecule has 4 aromatic rings. The molecule has 174 valence electrons. The van der Waals surface area contributed by atoms with Gasteiger partial charge in [0, 0.05) is 31.1 Å². The van der Waals surface area contributed by atoms with E-state index in [9.17, 15) is 4.79 Å².